The van der Waals surface area contributed by atoms with E-state index in [0.29, 0.717) is 0 Å². The second kappa shape index (κ2) is 11.7. The summed E-state index contributed by atoms with van der Waals surface area (Å²) in [6.45, 7) is 0. The molecule has 270 valence electrons. The normalized spacial score (nSPS) is 15.1. The Balaban J connectivity index is 1.06. The van der Waals surface area contributed by atoms with Crippen molar-refractivity contribution in [3.05, 3.63) is 222 Å². The Morgan fingerprint density at radius 2 is 0.931 bits per heavy atom. The maximum atomic E-state index is 7.04. The lowest BCUT2D eigenvalue weighted by Crippen LogP contribution is -2.36. The molecule has 11 aromatic rings. The van der Waals surface area contributed by atoms with Crippen molar-refractivity contribution >= 4 is 71.3 Å². The second-order valence-electron chi connectivity index (χ2n) is 15.6. The van der Waals surface area contributed by atoms with Crippen LogP contribution in [0.25, 0.3) is 65.4 Å². The lowest BCUT2D eigenvalue weighted by atomic mass is 9.58. The number of ether oxygens (including phenoxy) is 1. The predicted octanol–water partition coefficient (Wildman–Crippen LogP) is 15.0. The number of furan rings is 1. The first-order valence-corrected chi connectivity index (χ1v) is 19.9. The fourth-order valence-corrected chi connectivity index (χ4v) is 10.2. The van der Waals surface area contributed by atoms with Crippen molar-refractivity contribution in [1.29, 1.82) is 0 Å². The Kier molecular flexibility index (Phi) is 6.37. The van der Waals surface area contributed by atoms with E-state index in [0.717, 1.165) is 61.6 Å². The summed E-state index contributed by atoms with van der Waals surface area (Å²) in [6.07, 6.45) is 0. The van der Waals surface area contributed by atoms with Crippen LogP contribution >= 0.6 is 0 Å². The molecule has 0 fully saturated rings. The molecule has 10 aromatic carbocycles. The zero-order chi connectivity index (χ0) is 38.0. The summed E-state index contributed by atoms with van der Waals surface area (Å²) in [5, 5.41) is 9.49. The molecule has 1 unspecified atom stereocenters. The summed E-state index contributed by atoms with van der Waals surface area (Å²) in [5.74, 6) is 1.70. The lowest BCUT2D eigenvalue weighted by molar-refractivity contribution is 0.435. The Bertz CT molecular complexity index is 3520. The molecule has 3 nitrogen and oxygen atoms in total. The average molecular weight is 740 g/mol. The van der Waals surface area contributed by atoms with Crippen molar-refractivity contribution in [2.45, 2.75) is 5.41 Å². The molecular weight excluding hydrogens is 707 g/mol. The largest absolute Gasteiger partial charge is 0.457 e. The van der Waals surface area contributed by atoms with Crippen LogP contribution in [0.5, 0.6) is 11.5 Å². The van der Waals surface area contributed by atoms with Gasteiger partial charge in [0.25, 0.3) is 0 Å². The third kappa shape index (κ3) is 4.28. The molecule has 0 amide bonds. The highest BCUT2D eigenvalue weighted by molar-refractivity contribution is 6.11. The van der Waals surface area contributed by atoms with E-state index in [1.165, 1.54) is 54.6 Å². The van der Waals surface area contributed by atoms with Crippen LogP contribution in [0.1, 0.15) is 22.3 Å². The van der Waals surface area contributed by atoms with E-state index >= 15 is 0 Å². The molecule has 1 atom stereocenters. The van der Waals surface area contributed by atoms with Crippen LogP contribution < -0.4 is 9.64 Å². The summed E-state index contributed by atoms with van der Waals surface area (Å²) < 4.78 is 13.7. The molecule has 0 N–H and O–H groups in total. The monoisotopic (exact) mass is 739 g/mol. The van der Waals surface area contributed by atoms with E-state index in [2.05, 4.69) is 205 Å². The highest BCUT2D eigenvalue weighted by atomic mass is 16.5. The number of rotatable bonds is 3. The molecule has 0 saturated heterocycles. The minimum atomic E-state index is -0.600. The van der Waals surface area contributed by atoms with E-state index < -0.39 is 5.41 Å². The van der Waals surface area contributed by atoms with Gasteiger partial charge >= 0.3 is 0 Å². The number of nitrogens with zero attached hydrogens (tertiary/aromatic N) is 1. The highest BCUT2D eigenvalue weighted by Crippen LogP contribution is 2.61. The topological polar surface area (TPSA) is 25.6 Å². The molecule has 0 saturated carbocycles. The van der Waals surface area contributed by atoms with Gasteiger partial charge in [-0.2, -0.15) is 0 Å². The van der Waals surface area contributed by atoms with Crippen LogP contribution in [-0.2, 0) is 5.41 Å². The summed E-state index contributed by atoms with van der Waals surface area (Å²) in [4.78, 5) is 2.33. The van der Waals surface area contributed by atoms with E-state index in [1.807, 2.05) is 0 Å². The molecule has 2 heterocycles. The Labute approximate surface area is 334 Å². The van der Waals surface area contributed by atoms with Crippen LogP contribution in [-0.4, -0.2) is 0 Å². The summed E-state index contributed by atoms with van der Waals surface area (Å²) in [5.41, 5.74) is 11.5. The molecule has 13 rings (SSSR count). The SMILES string of the molecule is c1ccc2c(c1)Oc1cc(N(c3ccc4ccccc4c3)c3ccc4c(c3)oc3cc5ccccc5cc34)ccc1C21c2ccccc2-c2cccc3cccc1c23. The number of benzene rings is 10. The molecule has 58 heavy (non-hydrogen) atoms. The molecule has 3 heteroatoms. The minimum Gasteiger partial charge on any atom is -0.457 e. The van der Waals surface area contributed by atoms with Crippen LogP contribution in [0.4, 0.5) is 17.1 Å². The van der Waals surface area contributed by atoms with Gasteiger partial charge in [0.2, 0.25) is 0 Å². The molecule has 1 aliphatic heterocycles. The fraction of sp³-hybridized carbons (Fsp3) is 0.0182. The third-order valence-corrected chi connectivity index (χ3v) is 12.6. The molecule has 1 spiro atoms. The molecule has 0 bridgehead atoms. The van der Waals surface area contributed by atoms with E-state index in [1.54, 1.807) is 0 Å². The van der Waals surface area contributed by atoms with Gasteiger partial charge in [-0.15, -0.1) is 0 Å². The Morgan fingerprint density at radius 3 is 1.81 bits per heavy atom. The first kappa shape index (κ1) is 31.6. The average Bonchev–Trinajstić information content (AvgIpc) is 3.63. The van der Waals surface area contributed by atoms with Crippen molar-refractivity contribution in [1.82, 2.24) is 0 Å². The van der Waals surface area contributed by atoms with Gasteiger partial charge < -0.3 is 14.1 Å². The number of para-hydroxylation sites is 1. The molecule has 1 aromatic heterocycles. The van der Waals surface area contributed by atoms with Gasteiger partial charge in [-0.25, -0.2) is 0 Å². The van der Waals surface area contributed by atoms with Crippen LogP contribution in [0.3, 0.4) is 0 Å². The highest BCUT2D eigenvalue weighted by Gasteiger charge is 2.49. The standard InChI is InChI=1S/C55H33NO2/c1-2-12-36-29-39(24-23-34(36)11-1)56(40-25-27-43-45-30-37-13-3-4-14-38(37)31-51(45)58-52(43)32-40)41-26-28-48-53(33-41)57-50-22-8-7-20-47(50)55(48)46-19-6-5-17-42(46)44-18-9-15-35-16-10-21-49(55)54(35)44/h1-33H. The van der Waals surface area contributed by atoms with Crippen LogP contribution in [0, 0.1) is 0 Å². The Hall–Kier alpha value is -7.62. The lowest BCUT2D eigenvalue weighted by Gasteiger charge is -2.45. The molecule has 0 radical (unpaired) electrons. The minimum absolute atomic E-state index is 0.600. The summed E-state index contributed by atoms with van der Waals surface area (Å²) in [6, 6.07) is 72.5. The smallest absolute Gasteiger partial charge is 0.137 e. The van der Waals surface area contributed by atoms with Crippen molar-refractivity contribution in [3.63, 3.8) is 0 Å². The maximum Gasteiger partial charge on any atom is 0.137 e. The van der Waals surface area contributed by atoms with Crippen molar-refractivity contribution in [3.8, 4) is 22.6 Å². The van der Waals surface area contributed by atoms with Crippen molar-refractivity contribution in [2.24, 2.45) is 0 Å². The van der Waals surface area contributed by atoms with Gasteiger partial charge in [-0.3, -0.25) is 0 Å². The fourth-order valence-electron chi connectivity index (χ4n) is 10.2. The molecular formula is C55H33NO2. The van der Waals surface area contributed by atoms with Gasteiger partial charge in [0, 0.05) is 51.1 Å². The van der Waals surface area contributed by atoms with Gasteiger partial charge in [-0.1, -0.05) is 140 Å². The number of hydrogen-bond acceptors (Lipinski definition) is 3. The Morgan fingerprint density at radius 1 is 0.345 bits per heavy atom. The number of fused-ring (bicyclic) bond motifs is 13. The van der Waals surface area contributed by atoms with E-state index in [-0.39, 0.29) is 0 Å². The molecule has 1 aliphatic carbocycles. The predicted molar refractivity (Wildman–Crippen MR) is 238 cm³/mol. The summed E-state index contributed by atoms with van der Waals surface area (Å²) >= 11 is 0. The second-order valence-corrected chi connectivity index (χ2v) is 15.6. The first-order valence-electron chi connectivity index (χ1n) is 19.9. The summed E-state index contributed by atoms with van der Waals surface area (Å²) in [7, 11) is 0. The van der Waals surface area contributed by atoms with E-state index in [9.17, 15) is 0 Å². The number of hydrogen-bond donors (Lipinski definition) is 0. The zero-order valence-electron chi connectivity index (χ0n) is 31.3. The number of anilines is 3. The van der Waals surface area contributed by atoms with Gasteiger partial charge in [0.15, 0.2) is 0 Å². The van der Waals surface area contributed by atoms with E-state index in [4.69, 9.17) is 9.15 Å². The van der Waals surface area contributed by atoms with Crippen LogP contribution in [0.2, 0.25) is 0 Å². The van der Waals surface area contributed by atoms with Gasteiger partial charge in [-0.05, 0) is 103 Å². The first-order chi connectivity index (χ1) is 28.7. The van der Waals surface area contributed by atoms with Crippen LogP contribution in [0.15, 0.2) is 205 Å². The van der Waals surface area contributed by atoms with Gasteiger partial charge in [0.1, 0.15) is 22.7 Å². The molecule has 2 aliphatic rings. The maximum absolute atomic E-state index is 7.04. The van der Waals surface area contributed by atoms with Crippen molar-refractivity contribution < 1.29 is 9.15 Å². The third-order valence-electron chi connectivity index (χ3n) is 12.6. The quantitative estimate of drug-likeness (QED) is 0.180. The van der Waals surface area contributed by atoms with Crippen molar-refractivity contribution in [2.75, 3.05) is 4.90 Å². The zero-order valence-corrected chi connectivity index (χ0v) is 31.3. The van der Waals surface area contributed by atoms with Gasteiger partial charge in [0.05, 0.1) is 5.41 Å².